The smallest absolute Gasteiger partial charge is 0.242 e. The molecule has 2 heterocycles. The van der Waals surface area contributed by atoms with Crippen molar-refractivity contribution in [3.63, 3.8) is 0 Å². The number of carbonyl (C=O) groups excluding carboxylic acids is 2. The predicted molar refractivity (Wildman–Crippen MR) is 128 cm³/mol. The average molecular weight is 436 g/mol. The number of hydrogen-bond acceptors (Lipinski definition) is 3. The van der Waals surface area contributed by atoms with Gasteiger partial charge in [-0.1, -0.05) is 37.3 Å². The Kier molecular flexibility index (Phi) is 6.97. The molecule has 1 saturated heterocycles. The van der Waals surface area contributed by atoms with E-state index >= 15 is 0 Å². The van der Waals surface area contributed by atoms with Gasteiger partial charge >= 0.3 is 0 Å². The summed E-state index contributed by atoms with van der Waals surface area (Å²) < 4.78 is 2.02. The summed E-state index contributed by atoms with van der Waals surface area (Å²) in [5.41, 5.74) is 3.10. The van der Waals surface area contributed by atoms with E-state index in [4.69, 9.17) is 0 Å². The summed E-state index contributed by atoms with van der Waals surface area (Å²) in [6.07, 6.45) is 6.39. The fourth-order valence-electron chi connectivity index (χ4n) is 4.01. The van der Waals surface area contributed by atoms with E-state index in [1.807, 2.05) is 58.1 Å². The molecule has 0 unspecified atom stereocenters. The van der Waals surface area contributed by atoms with Crippen LogP contribution in [-0.4, -0.2) is 40.1 Å². The zero-order valence-corrected chi connectivity index (χ0v) is 18.8. The van der Waals surface area contributed by atoms with Crippen molar-refractivity contribution in [3.05, 3.63) is 60.3 Å². The second kappa shape index (κ2) is 10.1. The normalized spacial score (nSPS) is 14.0. The molecule has 0 radical (unpaired) electrons. The molecule has 31 heavy (non-hydrogen) atoms. The van der Waals surface area contributed by atoms with E-state index in [-0.39, 0.29) is 11.8 Å². The minimum absolute atomic E-state index is 0.0320. The van der Waals surface area contributed by atoms with Gasteiger partial charge in [-0.2, -0.15) is 0 Å². The van der Waals surface area contributed by atoms with Gasteiger partial charge in [0.25, 0.3) is 0 Å². The number of carbonyl (C=O) groups is 2. The first-order chi connectivity index (χ1) is 15.1. The first kappa shape index (κ1) is 21.5. The number of amides is 2. The molecule has 1 fully saturated rings. The molecule has 0 bridgehead atoms. The molecule has 4 rings (SSSR count). The van der Waals surface area contributed by atoms with Gasteiger partial charge in [0.05, 0.1) is 5.75 Å². The van der Waals surface area contributed by atoms with Crippen LogP contribution in [0.15, 0.2) is 59.6 Å². The Balaban J connectivity index is 1.42. The molecule has 1 N–H and O–H groups in total. The van der Waals surface area contributed by atoms with Crippen LogP contribution in [0.3, 0.4) is 0 Å². The molecule has 2 aromatic carbocycles. The Morgan fingerprint density at radius 2 is 1.74 bits per heavy atom. The van der Waals surface area contributed by atoms with Crippen LogP contribution in [0.5, 0.6) is 0 Å². The Bertz CT molecular complexity index is 1050. The number of piperidine rings is 1. The lowest BCUT2D eigenvalue weighted by atomic mass is 10.1. The molecule has 1 aliphatic rings. The minimum Gasteiger partial charge on any atom is -0.341 e. The summed E-state index contributed by atoms with van der Waals surface area (Å²) in [5, 5.41) is 4.05. The molecule has 1 aliphatic heterocycles. The average Bonchev–Trinajstić information content (AvgIpc) is 3.16. The first-order valence-electron chi connectivity index (χ1n) is 11.0. The number of rotatable bonds is 7. The van der Waals surface area contributed by atoms with Gasteiger partial charge in [0, 0.05) is 40.8 Å². The quantitative estimate of drug-likeness (QED) is 0.535. The number of hydrogen-bond donors (Lipinski definition) is 1. The first-order valence-corrected chi connectivity index (χ1v) is 12.0. The van der Waals surface area contributed by atoms with Crippen LogP contribution in [0, 0.1) is 0 Å². The predicted octanol–water partition coefficient (Wildman–Crippen LogP) is 4.95. The number of nitrogens with one attached hydrogen (secondary N) is 1. The van der Waals surface area contributed by atoms with Gasteiger partial charge in [-0.3, -0.25) is 9.59 Å². The molecule has 2 amide bonds. The number of anilines is 1. The van der Waals surface area contributed by atoms with Crippen LogP contribution < -0.4 is 5.32 Å². The lowest BCUT2D eigenvalue weighted by Crippen LogP contribution is -2.37. The SMILES string of the molecule is CCc1ccc(NC(=O)CSc2cn(CC(=O)N3CCCCC3)c3ccccc23)cc1. The van der Waals surface area contributed by atoms with Gasteiger partial charge in [-0.25, -0.2) is 0 Å². The van der Waals surface area contributed by atoms with Crippen molar-refractivity contribution in [2.75, 3.05) is 24.2 Å². The number of benzene rings is 2. The van der Waals surface area contributed by atoms with Gasteiger partial charge < -0.3 is 14.8 Å². The van der Waals surface area contributed by atoms with Crippen molar-refractivity contribution in [2.45, 2.75) is 44.0 Å². The van der Waals surface area contributed by atoms with Crippen molar-refractivity contribution in [1.29, 1.82) is 0 Å². The number of para-hydroxylation sites is 1. The largest absolute Gasteiger partial charge is 0.341 e. The van der Waals surface area contributed by atoms with Gasteiger partial charge in [0.1, 0.15) is 6.54 Å². The van der Waals surface area contributed by atoms with Crippen molar-refractivity contribution in [2.24, 2.45) is 0 Å². The Morgan fingerprint density at radius 1 is 1.00 bits per heavy atom. The van der Waals surface area contributed by atoms with E-state index in [1.165, 1.54) is 23.7 Å². The number of fused-ring (bicyclic) bond motifs is 1. The molecule has 0 atom stereocenters. The minimum atomic E-state index is -0.0320. The fraction of sp³-hybridized carbons (Fsp3) is 0.360. The highest BCUT2D eigenvalue weighted by Gasteiger charge is 2.18. The topological polar surface area (TPSA) is 54.3 Å². The van der Waals surface area contributed by atoms with Crippen LogP contribution in [0.4, 0.5) is 5.69 Å². The van der Waals surface area contributed by atoms with Crippen LogP contribution in [0.1, 0.15) is 31.7 Å². The maximum absolute atomic E-state index is 12.8. The molecule has 162 valence electrons. The zero-order chi connectivity index (χ0) is 21.6. The van der Waals surface area contributed by atoms with Crippen molar-refractivity contribution in [3.8, 4) is 0 Å². The number of thioether (sulfide) groups is 1. The molecule has 0 saturated carbocycles. The Labute approximate surface area is 187 Å². The number of aromatic nitrogens is 1. The van der Waals surface area contributed by atoms with Crippen LogP contribution >= 0.6 is 11.8 Å². The standard InChI is InChI=1S/C25H29N3O2S/c1-2-19-10-12-20(13-11-19)26-24(29)18-31-23-16-28(22-9-5-4-8-21(22)23)17-25(30)27-14-6-3-7-15-27/h4-5,8-13,16H,2-3,6-7,14-15,17-18H2,1H3,(H,26,29). The van der Waals surface area contributed by atoms with Crippen LogP contribution in [0.25, 0.3) is 10.9 Å². The van der Waals surface area contributed by atoms with Crippen LogP contribution in [-0.2, 0) is 22.6 Å². The van der Waals surface area contributed by atoms with E-state index in [1.54, 1.807) is 0 Å². The Hall–Kier alpha value is -2.73. The van der Waals surface area contributed by atoms with Crippen molar-refractivity contribution >= 4 is 40.2 Å². The van der Waals surface area contributed by atoms with E-state index in [9.17, 15) is 9.59 Å². The molecule has 1 aromatic heterocycles. The lowest BCUT2D eigenvalue weighted by Gasteiger charge is -2.27. The second-order valence-corrected chi connectivity index (χ2v) is 8.98. The molecular weight excluding hydrogens is 406 g/mol. The van der Waals surface area contributed by atoms with Crippen molar-refractivity contribution < 1.29 is 9.59 Å². The molecular formula is C25H29N3O2S. The molecule has 3 aromatic rings. The van der Waals surface area contributed by atoms with E-state index in [0.717, 1.165) is 53.8 Å². The van der Waals surface area contributed by atoms with Gasteiger partial charge in [0.2, 0.25) is 11.8 Å². The maximum atomic E-state index is 12.8. The van der Waals surface area contributed by atoms with Gasteiger partial charge in [-0.15, -0.1) is 11.8 Å². The third kappa shape index (κ3) is 5.31. The van der Waals surface area contributed by atoms with Crippen LogP contribution in [0.2, 0.25) is 0 Å². The summed E-state index contributed by atoms with van der Waals surface area (Å²) in [7, 11) is 0. The number of nitrogens with zero attached hydrogens (tertiary/aromatic N) is 2. The summed E-state index contributed by atoms with van der Waals surface area (Å²) >= 11 is 1.51. The molecule has 0 spiro atoms. The van der Waals surface area contributed by atoms with Gasteiger partial charge in [-0.05, 0) is 49.4 Å². The summed E-state index contributed by atoms with van der Waals surface area (Å²) in [6.45, 7) is 4.18. The highest BCUT2D eigenvalue weighted by atomic mass is 32.2. The summed E-state index contributed by atoms with van der Waals surface area (Å²) in [5.74, 6) is 0.463. The van der Waals surface area contributed by atoms with E-state index in [0.29, 0.717) is 12.3 Å². The van der Waals surface area contributed by atoms with E-state index < -0.39 is 0 Å². The zero-order valence-electron chi connectivity index (χ0n) is 18.0. The van der Waals surface area contributed by atoms with Crippen molar-refractivity contribution in [1.82, 2.24) is 9.47 Å². The lowest BCUT2D eigenvalue weighted by molar-refractivity contribution is -0.132. The summed E-state index contributed by atoms with van der Waals surface area (Å²) in [6, 6.07) is 16.0. The monoisotopic (exact) mass is 435 g/mol. The second-order valence-electron chi connectivity index (χ2n) is 7.97. The molecule has 5 nitrogen and oxygen atoms in total. The Morgan fingerprint density at radius 3 is 2.48 bits per heavy atom. The molecule has 6 heteroatoms. The maximum Gasteiger partial charge on any atom is 0.242 e. The molecule has 0 aliphatic carbocycles. The fourth-order valence-corrected chi connectivity index (χ4v) is 4.90. The number of likely N-dealkylation sites (tertiary alicyclic amines) is 1. The highest BCUT2D eigenvalue weighted by Crippen LogP contribution is 2.30. The third-order valence-electron chi connectivity index (χ3n) is 5.77. The number of aryl methyl sites for hydroxylation is 1. The van der Waals surface area contributed by atoms with Gasteiger partial charge in [0.15, 0.2) is 0 Å². The van der Waals surface area contributed by atoms with E-state index in [2.05, 4.69) is 18.3 Å². The third-order valence-corrected chi connectivity index (χ3v) is 6.81. The summed E-state index contributed by atoms with van der Waals surface area (Å²) in [4.78, 5) is 28.2. The highest BCUT2D eigenvalue weighted by molar-refractivity contribution is 8.00.